The van der Waals surface area contributed by atoms with Crippen LogP contribution in [0.3, 0.4) is 0 Å². The molecular weight excluding hydrogens is 530 g/mol. The highest BCUT2D eigenvalue weighted by atomic mass is 16.5. The first-order valence-electron chi connectivity index (χ1n) is 14.0. The maximum Gasteiger partial charge on any atom is 0.406 e. The molecule has 3 unspecified atom stereocenters. The summed E-state index contributed by atoms with van der Waals surface area (Å²) in [6.07, 6.45) is 1.88. The molecule has 0 aromatic heterocycles. The highest BCUT2D eigenvalue weighted by molar-refractivity contribution is 5.94. The average molecular weight is 574 g/mol. The molecule has 0 bridgehead atoms. The van der Waals surface area contributed by atoms with Crippen LogP contribution in [0.1, 0.15) is 46.9 Å². The van der Waals surface area contributed by atoms with Crippen molar-refractivity contribution in [3.63, 3.8) is 0 Å². The number of ether oxygens (including phenoxy) is 5. The molecular formula is C30H43N3O8. The van der Waals surface area contributed by atoms with Gasteiger partial charge in [0.1, 0.15) is 24.2 Å². The number of methoxy groups -OCH3 is 2. The van der Waals surface area contributed by atoms with Gasteiger partial charge in [0.2, 0.25) is 0 Å². The number of hydrogen-bond donors (Lipinski definition) is 4. The van der Waals surface area contributed by atoms with Crippen LogP contribution in [-0.2, 0) is 18.9 Å². The predicted octanol–water partition coefficient (Wildman–Crippen LogP) is 3.01. The molecule has 1 aliphatic heterocycles. The zero-order valence-corrected chi connectivity index (χ0v) is 24.1. The molecule has 41 heavy (non-hydrogen) atoms. The predicted molar refractivity (Wildman–Crippen MR) is 153 cm³/mol. The van der Waals surface area contributed by atoms with Gasteiger partial charge in [-0.2, -0.15) is 0 Å². The maximum atomic E-state index is 13.4. The lowest BCUT2D eigenvalue weighted by atomic mass is 9.94. The van der Waals surface area contributed by atoms with E-state index in [1.807, 2.05) is 13.1 Å². The molecule has 1 aliphatic rings. The Morgan fingerprint density at radius 1 is 1.07 bits per heavy atom. The Balaban J connectivity index is 1.81. The van der Waals surface area contributed by atoms with Crippen molar-refractivity contribution >= 4 is 12.0 Å². The molecule has 2 amide bonds. The van der Waals surface area contributed by atoms with Crippen molar-refractivity contribution in [1.82, 2.24) is 16.0 Å². The molecule has 4 N–H and O–H groups in total. The van der Waals surface area contributed by atoms with Gasteiger partial charge in [0.15, 0.2) is 0 Å². The van der Waals surface area contributed by atoms with E-state index in [2.05, 4.69) is 20.7 Å². The Hall–Kier alpha value is -3.38. The number of carbonyl (C=O) groups excluding carboxylic acids is 2. The quantitative estimate of drug-likeness (QED) is 0.223. The number of nitrogens with one attached hydrogen (secondary N) is 3. The van der Waals surface area contributed by atoms with Gasteiger partial charge in [0.05, 0.1) is 20.3 Å². The highest BCUT2D eigenvalue weighted by Gasteiger charge is 2.22. The van der Waals surface area contributed by atoms with E-state index < -0.39 is 12.2 Å². The second-order valence-electron chi connectivity index (χ2n) is 9.91. The third-order valence-electron chi connectivity index (χ3n) is 6.85. The van der Waals surface area contributed by atoms with Crippen molar-refractivity contribution in [2.24, 2.45) is 5.92 Å². The summed E-state index contributed by atoms with van der Waals surface area (Å²) in [5.41, 5.74) is 1.74. The standard InChI is InChI=1S/C30H43N3O8/c1-31-25(14-21-6-5-10-39-20-21)19-33-29(35)24-15-23(17-27(18-24)40-13-12-37-2)28(22-7-4-8-26(34)16-22)41-11-9-32-30(36)38-3/h4,7-8,15-18,21,25,28,31,34H,5-6,9-14,19-20H2,1-3H3,(H,32,36)(H,33,35). The summed E-state index contributed by atoms with van der Waals surface area (Å²) in [5, 5.41) is 19.1. The van der Waals surface area contributed by atoms with Gasteiger partial charge in [-0.1, -0.05) is 12.1 Å². The van der Waals surface area contributed by atoms with E-state index in [-0.39, 0.29) is 30.9 Å². The molecule has 1 saturated heterocycles. The van der Waals surface area contributed by atoms with Crippen molar-refractivity contribution < 1.29 is 38.4 Å². The van der Waals surface area contributed by atoms with Crippen molar-refractivity contribution in [3.8, 4) is 11.5 Å². The topological polar surface area (TPSA) is 137 Å². The molecule has 0 spiro atoms. The number of hydrogen-bond acceptors (Lipinski definition) is 9. The van der Waals surface area contributed by atoms with Gasteiger partial charge in [-0.15, -0.1) is 0 Å². The average Bonchev–Trinajstić information content (AvgIpc) is 2.99. The Labute approximate surface area is 241 Å². The number of benzene rings is 2. The lowest BCUT2D eigenvalue weighted by Crippen LogP contribution is -2.41. The van der Waals surface area contributed by atoms with Gasteiger partial charge in [0, 0.05) is 45.0 Å². The molecule has 1 heterocycles. The van der Waals surface area contributed by atoms with E-state index in [0.717, 1.165) is 32.5 Å². The van der Waals surface area contributed by atoms with Crippen LogP contribution in [0, 0.1) is 5.92 Å². The van der Waals surface area contributed by atoms with Gasteiger partial charge in [0.25, 0.3) is 5.91 Å². The van der Waals surface area contributed by atoms with E-state index in [1.54, 1.807) is 43.5 Å². The number of alkyl carbamates (subject to hydrolysis) is 1. The summed E-state index contributed by atoms with van der Waals surface area (Å²) in [5.74, 6) is 0.785. The monoisotopic (exact) mass is 573 g/mol. The number of carbonyl (C=O) groups is 2. The van der Waals surface area contributed by atoms with Crippen molar-refractivity contribution in [1.29, 1.82) is 0 Å². The number of phenolic OH excluding ortho intramolecular Hbond substituents is 1. The van der Waals surface area contributed by atoms with E-state index in [4.69, 9.17) is 18.9 Å². The van der Waals surface area contributed by atoms with Crippen molar-refractivity contribution in [2.75, 3.05) is 67.4 Å². The molecule has 0 saturated carbocycles. The zero-order valence-electron chi connectivity index (χ0n) is 24.1. The number of aromatic hydroxyl groups is 1. The van der Waals surface area contributed by atoms with Crippen LogP contribution in [0.2, 0.25) is 0 Å². The largest absolute Gasteiger partial charge is 0.508 e. The van der Waals surface area contributed by atoms with Crippen LogP contribution >= 0.6 is 0 Å². The fraction of sp³-hybridized carbons (Fsp3) is 0.533. The lowest BCUT2D eigenvalue weighted by Gasteiger charge is -2.26. The van der Waals surface area contributed by atoms with Crippen LogP contribution in [-0.4, -0.2) is 90.5 Å². The number of amides is 2. The minimum atomic E-state index is -0.657. The first-order valence-corrected chi connectivity index (χ1v) is 14.0. The Morgan fingerprint density at radius 2 is 1.93 bits per heavy atom. The summed E-state index contributed by atoms with van der Waals surface area (Å²) in [7, 11) is 4.77. The fourth-order valence-electron chi connectivity index (χ4n) is 4.72. The summed E-state index contributed by atoms with van der Waals surface area (Å²) >= 11 is 0. The molecule has 2 aromatic carbocycles. The maximum absolute atomic E-state index is 13.4. The van der Waals surface area contributed by atoms with Crippen LogP contribution in [0.15, 0.2) is 42.5 Å². The number of phenols is 1. The van der Waals surface area contributed by atoms with Crippen LogP contribution < -0.4 is 20.7 Å². The smallest absolute Gasteiger partial charge is 0.406 e. The van der Waals surface area contributed by atoms with Gasteiger partial charge in [-0.3, -0.25) is 4.79 Å². The lowest BCUT2D eigenvalue weighted by molar-refractivity contribution is 0.0478. The summed E-state index contributed by atoms with van der Waals surface area (Å²) in [6.45, 7) is 3.07. The SMILES string of the molecule is CNC(CNC(=O)c1cc(OCCOC)cc(C(OCCNC(=O)OC)c2cccc(O)c2)c1)CC1CCCOC1. The first-order chi connectivity index (χ1) is 19.9. The van der Waals surface area contributed by atoms with Crippen LogP contribution in [0.5, 0.6) is 11.5 Å². The van der Waals surface area contributed by atoms with E-state index in [0.29, 0.717) is 48.1 Å². The second-order valence-corrected chi connectivity index (χ2v) is 9.91. The molecule has 1 fully saturated rings. The number of likely N-dealkylation sites (N-methyl/N-ethyl adjacent to an activating group) is 1. The third kappa shape index (κ3) is 10.8. The van der Waals surface area contributed by atoms with Crippen molar-refractivity contribution in [2.45, 2.75) is 31.4 Å². The summed E-state index contributed by atoms with van der Waals surface area (Å²) in [6, 6.07) is 12.1. The Morgan fingerprint density at radius 3 is 2.63 bits per heavy atom. The van der Waals surface area contributed by atoms with Crippen molar-refractivity contribution in [3.05, 3.63) is 59.2 Å². The van der Waals surface area contributed by atoms with Gasteiger partial charge in [-0.25, -0.2) is 4.79 Å². The summed E-state index contributed by atoms with van der Waals surface area (Å²) < 4.78 is 27.4. The number of rotatable bonds is 16. The molecule has 3 atom stereocenters. The van der Waals surface area contributed by atoms with Gasteiger partial charge >= 0.3 is 6.09 Å². The molecule has 11 heteroatoms. The second kappa shape index (κ2) is 17.4. The molecule has 0 aliphatic carbocycles. The van der Waals surface area contributed by atoms with E-state index >= 15 is 0 Å². The molecule has 0 radical (unpaired) electrons. The molecule has 226 valence electrons. The molecule has 11 nitrogen and oxygen atoms in total. The Bertz CT molecular complexity index is 1090. The third-order valence-corrected chi connectivity index (χ3v) is 6.85. The van der Waals surface area contributed by atoms with E-state index in [1.165, 1.54) is 7.11 Å². The van der Waals surface area contributed by atoms with Crippen LogP contribution in [0.4, 0.5) is 4.79 Å². The molecule has 2 aromatic rings. The Kier molecular flexibility index (Phi) is 13.7. The fourth-order valence-corrected chi connectivity index (χ4v) is 4.72. The van der Waals surface area contributed by atoms with Crippen LogP contribution in [0.25, 0.3) is 0 Å². The normalized spacial score (nSPS) is 16.4. The van der Waals surface area contributed by atoms with Gasteiger partial charge in [-0.05, 0) is 73.7 Å². The minimum Gasteiger partial charge on any atom is -0.508 e. The highest BCUT2D eigenvalue weighted by Crippen LogP contribution is 2.31. The minimum absolute atomic E-state index is 0.0794. The summed E-state index contributed by atoms with van der Waals surface area (Å²) in [4.78, 5) is 24.9. The zero-order chi connectivity index (χ0) is 29.5. The first kappa shape index (κ1) is 32.1. The van der Waals surface area contributed by atoms with E-state index in [9.17, 15) is 14.7 Å². The molecule has 3 rings (SSSR count). The van der Waals surface area contributed by atoms with Gasteiger partial charge < -0.3 is 44.7 Å².